The van der Waals surface area contributed by atoms with E-state index in [1.165, 1.54) is 17.1 Å². The average molecular weight is 567 g/mol. The van der Waals surface area contributed by atoms with Crippen molar-refractivity contribution in [3.05, 3.63) is 110 Å². The number of carbonyl (C=O) groups is 1. The second kappa shape index (κ2) is 9.43. The van der Waals surface area contributed by atoms with Gasteiger partial charge in [0.15, 0.2) is 11.6 Å². The largest absolute Gasteiger partial charge is 0.342 e. The Bertz CT molecular complexity index is 1760. The molecule has 3 aromatic heterocycles. The molecule has 39 heavy (non-hydrogen) atoms. The Labute approximate surface area is 232 Å². The van der Waals surface area contributed by atoms with Crippen molar-refractivity contribution in [2.75, 3.05) is 0 Å². The van der Waals surface area contributed by atoms with Gasteiger partial charge in [0.05, 0.1) is 38.0 Å². The molecule has 3 heterocycles. The zero-order valence-electron chi connectivity index (χ0n) is 21.0. The third kappa shape index (κ3) is 4.45. The summed E-state index contributed by atoms with van der Waals surface area (Å²) in [6.07, 6.45) is 4.69. The molecule has 0 bridgehead atoms. The molecule has 1 amide bonds. The number of pyridine rings is 1. The Kier molecular flexibility index (Phi) is 6.15. The lowest BCUT2D eigenvalue weighted by atomic mass is 9.75. The lowest BCUT2D eigenvalue weighted by Gasteiger charge is -2.38. The highest BCUT2D eigenvalue weighted by Gasteiger charge is 2.41. The van der Waals surface area contributed by atoms with E-state index in [4.69, 9.17) is 28.3 Å². The van der Waals surface area contributed by atoms with Crippen molar-refractivity contribution in [1.82, 2.24) is 29.7 Å². The van der Waals surface area contributed by atoms with Gasteiger partial charge in [-0.2, -0.15) is 10.2 Å². The molecule has 198 valence electrons. The first-order valence-corrected chi connectivity index (χ1v) is 13.0. The number of halogens is 4. The number of nitrogens with one attached hydrogen (secondary N) is 1. The summed E-state index contributed by atoms with van der Waals surface area (Å²) < 4.78 is 31.7. The van der Waals surface area contributed by atoms with Gasteiger partial charge in [0, 0.05) is 18.2 Å². The normalized spacial score (nSPS) is 16.9. The molecule has 6 rings (SSSR count). The predicted molar refractivity (Wildman–Crippen MR) is 144 cm³/mol. The van der Waals surface area contributed by atoms with Gasteiger partial charge in [-0.3, -0.25) is 4.79 Å². The topological polar surface area (TPSA) is 77.1 Å². The van der Waals surface area contributed by atoms with Crippen LogP contribution in [0.15, 0.2) is 55.0 Å². The number of benzene rings is 2. The summed E-state index contributed by atoms with van der Waals surface area (Å²) in [6.45, 7) is 3.73. The summed E-state index contributed by atoms with van der Waals surface area (Å²) in [4.78, 5) is 17.9. The fraction of sp³-hybridized carbons (Fsp3) is 0.214. The molecule has 1 atom stereocenters. The number of aryl methyl sites for hydroxylation is 3. The van der Waals surface area contributed by atoms with E-state index in [1.54, 1.807) is 19.1 Å². The standard InChI is InChI=1S/C28H22Cl2F2N6O/c1-15-3-6-25-19-12-28(8-7-24(19)36-37(25)13-15,17-4-5-22(31)23(32)9-17)34-27(39)26-20(29)10-18(11-21(26)30)38-14-33-16(2)35-38/h3-6,9-11,13-14H,7-8,12H2,1-2H3,(H,34,39). The first kappa shape index (κ1) is 25.5. The fourth-order valence-corrected chi connectivity index (χ4v) is 5.89. The lowest BCUT2D eigenvalue weighted by Crippen LogP contribution is -2.49. The van der Waals surface area contributed by atoms with Crippen LogP contribution < -0.4 is 5.32 Å². The van der Waals surface area contributed by atoms with Crippen LogP contribution in [0.5, 0.6) is 0 Å². The Morgan fingerprint density at radius 1 is 1.03 bits per heavy atom. The monoisotopic (exact) mass is 566 g/mol. The summed E-state index contributed by atoms with van der Waals surface area (Å²) in [5.74, 6) is -1.93. The average Bonchev–Trinajstić information content (AvgIpc) is 3.47. The summed E-state index contributed by atoms with van der Waals surface area (Å²) in [5.41, 5.74) is 3.76. The van der Waals surface area contributed by atoms with Crippen LogP contribution in [-0.2, 0) is 18.4 Å². The van der Waals surface area contributed by atoms with E-state index in [0.717, 1.165) is 34.5 Å². The van der Waals surface area contributed by atoms with E-state index in [1.807, 2.05) is 29.8 Å². The number of fused-ring (bicyclic) bond motifs is 3. The molecule has 0 saturated carbocycles. The van der Waals surface area contributed by atoms with Gasteiger partial charge in [-0.25, -0.2) is 23.0 Å². The Balaban J connectivity index is 1.42. The molecule has 0 fully saturated rings. The molecule has 0 spiro atoms. The van der Waals surface area contributed by atoms with E-state index in [0.29, 0.717) is 36.3 Å². The second-order valence-electron chi connectivity index (χ2n) is 9.82. The zero-order chi connectivity index (χ0) is 27.5. The number of nitrogens with zero attached hydrogens (tertiary/aromatic N) is 5. The number of carbonyl (C=O) groups excluding carboxylic acids is 1. The maximum Gasteiger partial charge on any atom is 0.255 e. The van der Waals surface area contributed by atoms with E-state index < -0.39 is 23.1 Å². The molecule has 5 aromatic rings. The maximum absolute atomic E-state index is 14.5. The minimum absolute atomic E-state index is 0.0714. The summed E-state index contributed by atoms with van der Waals surface area (Å²) >= 11 is 13.1. The van der Waals surface area contributed by atoms with E-state index >= 15 is 0 Å². The van der Waals surface area contributed by atoms with E-state index in [9.17, 15) is 13.6 Å². The highest BCUT2D eigenvalue weighted by atomic mass is 35.5. The molecule has 11 heteroatoms. The van der Waals surface area contributed by atoms with Gasteiger partial charge in [-0.05, 0) is 68.1 Å². The van der Waals surface area contributed by atoms with Gasteiger partial charge in [0.1, 0.15) is 12.2 Å². The summed E-state index contributed by atoms with van der Waals surface area (Å²) in [7, 11) is 0. The van der Waals surface area contributed by atoms with Crippen molar-refractivity contribution >= 4 is 34.6 Å². The van der Waals surface area contributed by atoms with E-state index in [-0.39, 0.29) is 15.6 Å². The maximum atomic E-state index is 14.5. The first-order chi connectivity index (χ1) is 18.6. The van der Waals surface area contributed by atoms with E-state index in [2.05, 4.69) is 15.4 Å². The predicted octanol–water partition coefficient (Wildman–Crippen LogP) is 5.93. The number of hydrogen-bond acceptors (Lipinski definition) is 4. The Hall–Kier alpha value is -3.82. The molecular weight excluding hydrogens is 545 g/mol. The van der Waals surface area contributed by atoms with Gasteiger partial charge in [0.2, 0.25) is 0 Å². The number of hydrogen-bond donors (Lipinski definition) is 1. The fourth-order valence-electron chi connectivity index (χ4n) is 5.25. The minimum Gasteiger partial charge on any atom is -0.342 e. The van der Waals surface area contributed by atoms with Crippen molar-refractivity contribution in [3.8, 4) is 5.69 Å². The third-order valence-corrected chi connectivity index (χ3v) is 7.78. The molecule has 2 aromatic carbocycles. The van der Waals surface area contributed by atoms with Crippen molar-refractivity contribution in [2.24, 2.45) is 0 Å². The van der Waals surface area contributed by atoms with Gasteiger partial charge in [0.25, 0.3) is 5.91 Å². The summed E-state index contributed by atoms with van der Waals surface area (Å²) in [6, 6.07) is 10.8. The van der Waals surface area contributed by atoms with Crippen LogP contribution in [-0.4, -0.2) is 30.3 Å². The van der Waals surface area contributed by atoms with Gasteiger partial charge >= 0.3 is 0 Å². The first-order valence-electron chi connectivity index (χ1n) is 12.3. The molecule has 0 aliphatic heterocycles. The smallest absolute Gasteiger partial charge is 0.255 e. The number of amides is 1. The highest BCUT2D eigenvalue weighted by Crippen LogP contribution is 2.40. The van der Waals surface area contributed by atoms with Crippen LogP contribution in [0.2, 0.25) is 10.0 Å². The highest BCUT2D eigenvalue weighted by molar-refractivity contribution is 6.40. The van der Waals surface area contributed by atoms with Crippen LogP contribution in [0.25, 0.3) is 11.2 Å². The van der Waals surface area contributed by atoms with Crippen LogP contribution in [0.1, 0.15) is 45.0 Å². The SMILES string of the molecule is Cc1ccc2c3c(nn2c1)CCC(NC(=O)c1c(Cl)cc(-n2cnc(C)n2)cc1Cl)(c1ccc(F)c(F)c1)C3. The molecule has 1 aliphatic carbocycles. The molecule has 0 radical (unpaired) electrons. The lowest BCUT2D eigenvalue weighted by molar-refractivity contribution is 0.0885. The van der Waals surface area contributed by atoms with Gasteiger partial charge in [-0.15, -0.1) is 0 Å². The molecule has 1 N–H and O–H groups in total. The molecular formula is C28H22Cl2F2N6O. The molecule has 0 saturated heterocycles. The number of rotatable bonds is 4. The number of aromatic nitrogens is 5. The second-order valence-corrected chi connectivity index (χ2v) is 10.6. The summed E-state index contributed by atoms with van der Waals surface area (Å²) in [5, 5.41) is 12.3. The van der Waals surface area contributed by atoms with Crippen molar-refractivity contribution in [2.45, 2.75) is 38.6 Å². The molecule has 1 aliphatic rings. The quantitative estimate of drug-likeness (QED) is 0.292. The van der Waals surface area contributed by atoms with Crippen LogP contribution >= 0.6 is 23.2 Å². The van der Waals surface area contributed by atoms with Gasteiger partial charge < -0.3 is 5.32 Å². The van der Waals surface area contributed by atoms with Crippen LogP contribution in [0, 0.1) is 25.5 Å². The van der Waals surface area contributed by atoms with Crippen LogP contribution in [0.3, 0.4) is 0 Å². The van der Waals surface area contributed by atoms with Crippen molar-refractivity contribution in [1.29, 1.82) is 0 Å². The van der Waals surface area contributed by atoms with Gasteiger partial charge in [-0.1, -0.05) is 35.3 Å². The zero-order valence-corrected chi connectivity index (χ0v) is 22.5. The Morgan fingerprint density at radius 3 is 2.49 bits per heavy atom. The van der Waals surface area contributed by atoms with Crippen molar-refractivity contribution < 1.29 is 13.6 Å². The Morgan fingerprint density at radius 2 is 1.79 bits per heavy atom. The minimum atomic E-state index is -1.07. The van der Waals surface area contributed by atoms with Crippen LogP contribution in [0.4, 0.5) is 8.78 Å². The third-order valence-electron chi connectivity index (χ3n) is 7.18. The molecule has 7 nitrogen and oxygen atoms in total. The molecule has 1 unspecified atom stereocenters. The van der Waals surface area contributed by atoms with Crippen molar-refractivity contribution in [3.63, 3.8) is 0 Å².